The molecule has 0 spiro atoms. The number of carbonyl (C=O) groups is 1. The highest BCUT2D eigenvalue weighted by atomic mass is 35.5. The number of aldehydes is 1. The van der Waals surface area contributed by atoms with Gasteiger partial charge in [0.25, 0.3) is 0 Å². The van der Waals surface area contributed by atoms with Gasteiger partial charge in [-0.1, -0.05) is 23.7 Å². The molecule has 0 saturated carbocycles. The van der Waals surface area contributed by atoms with Crippen LogP contribution < -0.4 is 0 Å². The van der Waals surface area contributed by atoms with Crippen LogP contribution in [-0.2, 0) is 4.79 Å². The summed E-state index contributed by atoms with van der Waals surface area (Å²) >= 11 is 5.68. The lowest BCUT2D eigenvalue weighted by atomic mass is 10.0. The van der Waals surface area contributed by atoms with E-state index in [2.05, 4.69) is 0 Å². The van der Waals surface area contributed by atoms with E-state index in [1.54, 1.807) is 24.3 Å². The number of hydrogen-bond donors (Lipinski definition) is 0. The standard InChI is InChI=1S/C9H6ClNO/c10-9-3-1-2-7(4-9)8(5-11)6-12/h1-4,6,8H/t8-/m1/s1. The highest BCUT2D eigenvalue weighted by molar-refractivity contribution is 6.30. The zero-order valence-electron chi connectivity index (χ0n) is 6.20. The first-order chi connectivity index (χ1) is 5.77. The van der Waals surface area contributed by atoms with Crippen molar-refractivity contribution in [3.63, 3.8) is 0 Å². The van der Waals surface area contributed by atoms with E-state index in [0.717, 1.165) is 0 Å². The smallest absolute Gasteiger partial charge is 0.141 e. The third-order valence-electron chi connectivity index (χ3n) is 1.48. The van der Waals surface area contributed by atoms with E-state index >= 15 is 0 Å². The van der Waals surface area contributed by atoms with E-state index in [0.29, 0.717) is 16.9 Å². The lowest BCUT2D eigenvalue weighted by Crippen LogP contribution is -1.95. The van der Waals surface area contributed by atoms with E-state index in [1.165, 1.54) is 0 Å². The molecular weight excluding hydrogens is 174 g/mol. The summed E-state index contributed by atoms with van der Waals surface area (Å²) in [5.41, 5.74) is 0.639. The summed E-state index contributed by atoms with van der Waals surface area (Å²) in [6.07, 6.45) is 0.603. The van der Waals surface area contributed by atoms with Gasteiger partial charge in [-0.3, -0.25) is 0 Å². The maximum atomic E-state index is 10.4. The normalized spacial score (nSPS) is 11.7. The van der Waals surface area contributed by atoms with Crippen molar-refractivity contribution < 1.29 is 4.79 Å². The summed E-state index contributed by atoms with van der Waals surface area (Å²) in [6, 6.07) is 8.60. The number of hydrogen-bond acceptors (Lipinski definition) is 2. The quantitative estimate of drug-likeness (QED) is 0.653. The lowest BCUT2D eigenvalue weighted by Gasteiger charge is -2.00. The van der Waals surface area contributed by atoms with Crippen molar-refractivity contribution in [1.29, 1.82) is 5.26 Å². The zero-order valence-corrected chi connectivity index (χ0v) is 6.95. The van der Waals surface area contributed by atoms with Crippen LogP contribution in [0.3, 0.4) is 0 Å². The summed E-state index contributed by atoms with van der Waals surface area (Å²) in [6.45, 7) is 0. The van der Waals surface area contributed by atoms with Gasteiger partial charge in [-0.15, -0.1) is 0 Å². The van der Waals surface area contributed by atoms with Crippen LogP contribution in [0.1, 0.15) is 11.5 Å². The summed E-state index contributed by atoms with van der Waals surface area (Å²) in [5, 5.41) is 9.08. The monoisotopic (exact) mass is 179 g/mol. The first kappa shape index (κ1) is 8.76. The highest BCUT2D eigenvalue weighted by Gasteiger charge is 2.07. The highest BCUT2D eigenvalue weighted by Crippen LogP contribution is 2.17. The molecule has 0 aliphatic carbocycles. The molecule has 0 saturated heterocycles. The van der Waals surface area contributed by atoms with Gasteiger partial charge in [-0.25, -0.2) is 0 Å². The van der Waals surface area contributed by atoms with Crippen LogP contribution in [-0.4, -0.2) is 6.29 Å². The fourth-order valence-electron chi connectivity index (χ4n) is 0.884. The number of nitrogens with zero attached hydrogens (tertiary/aromatic N) is 1. The summed E-state index contributed by atoms with van der Waals surface area (Å²) in [4.78, 5) is 10.4. The third-order valence-corrected chi connectivity index (χ3v) is 1.72. The first-order valence-electron chi connectivity index (χ1n) is 3.38. The van der Waals surface area contributed by atoms with E-state index in [-0.39, 0.29) is 0 Å². The lowest BCUT2D eigenvalue weighted by molar-refractivity contribution is -0.108. The van der Waals surface area contributed by atoms with Crippen LogP contribution in [0, 0.1) is 11.3 Å². The topological polar surface area (TPSA) is 40.9 Å². The van der Waals surface area contributed by atoms with E-state index in [4.69, 9.17) is 16.9 Å². The SMILES string of the molecule is N#C[C@H](C=O)c1cccc(Cl)c1. The van der Waals surface area contributed by atoms with Crippen molar-refractivity contribution in [1.82, 2.24) is 0 Å². The predicted molar refractivity (Wildman–Crippen MR) is 45.9 cm³/mol. The van der Waals surface area contributed by atoms with E-state index in [1.807, 2.05) is 6.07 Å². The fourth-order valence-corrected chi connectivity index (χ4v) is 1.08. The molecule has 0 amide bonds. The van der Waals surface area contributed by atoms with Gasteiger partial charge in [-0.2, -0.15) is 5.26 Å². The Kier molecular flexibility index (Phi) is 2.84. The van der Waals surface area contributed by atoms with Gasteiger partial charge < -0.3 is 4.79 Å². The zero-order chi connectivity index (χ0) is 8.97. The molecule has 1 aromatic rings. The Morgan fingerprint density at radius 1 is 1.58 bits per heavy atom. The van der Waals surface area contributed by atoms with E-state index in [9.17, 15) is 4.79 Å². The van der Waals surface area contributed by atoms with Gasteiger partial charge in [0.2, 0.25) is 0 Å². The molecular formula is C9H6ClNO. The molecule has 0 bridgehead atoms. The minimum atomic E-state index is -0.705. The van der Waals surface area contributed by atoms with Crippen LogP contribution in [0.2, 0.25) is 5.02 Å². The molecule has 1 rings (SSSR count). The van der Waals surface area contributed by atoms with Crippen LogP contribution in [0.25, 0.3) is 0 Å². The van der Waals surface area contributed by atoms with Gasteiger partial charge in [0, 0.05) is 5.02 Å². The van der Waals surface area contributed by atoms with E-state index < -0.39 is 5.92 Å². The van der Waals surface area contributed by atoms with Crippen molar-refractivity contribution in [2.45, 2.75) is 5.92 Å². The van der Waals surface area contributed by atoms with Crippen LogP contribution >= 0.6 is 11.6 Å². The fraction of sp³-hybridized carbons (Fsp3) is 0.111. The molecule has 60 valence electrons. The second-order valence-electron chi connectivity index (χ2n) is 2.30. The van der Waals surface area contributed by atoms with Gasteiger partial charge in [0.1, 0.15) is 12.2 Å². The second-order valence-corrected chi connectivity index (χ2v) is 2.73. The average molecular weight is 180 g/mol. The number of benzene rings is 1. The maximum Gasteiger partial charge on any atom is 0.141 e. The molecule has 1 aromatic carbocycles. The molecule has 3 heteroatoms. The molecule has 0 N–H and O–H groups in total. The number of rotatable bonds is 2. The molecule has 0 aliphatic rings. The van der Waals surface area contributed by atoms with Crippen LogP contribution in [0.15, 0.2) is 24.3 Å². The molecule has 12 heavy (non-hydrogen) atoms. The summed E-state index contributed by atoms with van der Waals surface area (Å²) < 4.78 is 0. The molecule has 0 aliphatic heterocycles. The van der Waals surface area contributed by atoms with Crippen molar-refractivity contribution in [2.24, 2.45) is 0 Å². The summed E-state index contributed by atoms with van der Waals surface area (Å²) in [7, 11) is 0. The van der Waals surface area contributed by atoms with Crippen molar-refractivity contribution in [3.8, 4) is 6.07 Å². The predicted octanol–water partition coefficient (Wildman–Crippen LogP) is 2.15. The van der Waals surface area contributed by atoms with Crippen molar-refractivity contribution in [3.05, 3.63) is 34.9 Å². The number of nitriles is 1. The second kappa shape index (κ2) is 3.89. The molecule has 0 heterocycles. The van der Waals surface area contributed by atoms with Crippen molar-refractivity contribution in [2.75, 3.05) is 0 Å². The van der Waals surface area contributed by atoms with Gasteiger partial charge in [0.05, 0.1) is 6.07 Å². The minimum absolute atomic E-state index is 0.537. The molecule has 0 aromatic heterocycles. The summed E-state index contributed by atoms with van der Waals surface area (Å²) in [5.74, 6) is -0.705. The Morgan fingerprint density at radius 3 is 2.83 bits per heavy atom. The van der Waals surface area contributed by atoms with Crippen LogP contribution in [0.5, 0.6) is 0 Å². The Morgan fingerprint density at radius 2 is 2.33 bits per heavy atom. The average Bonchev–Trinajstić information content (AvgIpc) is 2.07. The van der Waals surface area contributed by atoms with Gasteiger partial charge in [0.15, 0.2) is 0 Å². The number of halogens is 1. The molecule has 1 atom stereocenters. The maximum absolute atomic E-state index is 10.4. The van der Waals surface area contributed by atoms with Gasteiger partial charge in [-0.05, 0) is 17.7 Å². The molecule has 0 fully saturated rings. The third kappa shape index (κ3) is 1.84. The largest absolute Gasteiger partial charge is 0.302 e. The molecule has 0 radical (unpaired) electrons. The molecule has 0 unspecified atom stereocenters. The van der Waals surface area contributed by atoms with Crippen molar-refractivity contribution >= 4 is 17.9 Å². The van der Waals surface area contributed by atoms with Gasteiger partial charge >= 0.3 is 0 Å². The number of carbonyl (C=O) groups excluding carboxylic acids is 1. The molecule has 2 nitrogen and oxygen atoms in total. The first-order valence-corrected chi connectivity index (χ1v) is 3.76. The Balaban J connectivity index is 3.03. The minimum Gasteiger partial charge on any atom is -0.302 e. The Bertz CT molecular complexity index is 330. The Labute approximate surface area is 75.4 Å². The van der Waals surface area contributed by atoms with Crippen LogP contribution in [0.4, 0.5) is 0 Å². The Hall–Kier alpha value is -1.33.